The standard InChI is InChI=1S/C19H21N3O2S/c1-4-22-19(24)14-9-6-5-8-13(14)17(21-22)18(23)20-16(12(2)3)15-10-7-11-25-15/h5-12,16H,4H2,1-3H3,(H,20,23). The maximum atomic E-state index is 13.0. The van der Waals surface area contributed by atoms with Crippen molar-refractivity contribution in [3.8, 4) is 0 Å². The summed E-state index contributed by atoms with van der Waals surface area (Å²) < 4.78 is 1.34. The molecule has 0 bridgehead atoms. The fourth-order valence-electron chi connectivity index (χ4n) is 2.86. The van der Waals surface area contributed by atoms with Gasteiger partial charge in [0.05, 0.1) is 11.4 Å². The average molecular weight is 355 g/mol. The van der Waals surface area contributed by atoms with Gasteiger partial charge < -0.3 is 5.32 Å². The van der Waals surface area contributed by atoms with E-state index >= 15 is 0 Å². The molecule has 0 spiro atoms. The minimum Gasteiger partial charge on any atom is -0.343 e. The molecule has 0 saturated heterocycles. The second kappa shape index (κ2) is 7.19. The maximum absolute atomic E-state index is 13.0. The van der Waals surface area contributed by atoms with Crippen LogP contribution in [0.25, 0.3) is 10.8 Å². The van der Waals surface area contributed by atoms with E-state index in [1.165, 1.54) is 4.68 Å². The third-order valence-corrected chi connectivity index (χ3v) is 5.14. The fraction of sp³-hybridized carbons (Fsp3) is 0.316. The van der Waals surface area contributed by atoms with E-state index in [9.17, 15) is 9.59 Å². The van der Waals surface area contributed by atoms with Gasteiger partial charge in [0, 0.05) is 16.8 Å². The number of aryl methyl sites for hydroxylation is 1. The number of nitrogens with zero attached hydrogens (tertiary/aromatic N) is 2. The van der Waals surface area contributed by atoms with Crippen molar-refractivity contribution in [1.29, 1.82) is 0 Å². The Morgan fingerprint density at radius 2 is 1.92 bits per heavy atom. The van der Waals surface area contributed by atoms with Crippen LogP contribution in [0.2, 0.25) is 0 Å². The van der Waals surface area contributed by atoms with E-state index in [0.29, 0.717) is 23.0 Å². The maximum Gasteiger partial charge on any atom is 0.274 e. The Morgan fingerprint density at radius 3 is 2.52 bits per heavy atom. The predicted molar refractivity (Wildman–Crippen MR) is 101 cm³/mol. The molecular weight excluding hydrogens is 334 g/mol. The molecule has 0 aliphatic heterocycles. The highest BCUT2D eigenvalue weighted by Crippen LogP contribution is 2.26. The number of nitrogens with one attached hydrogen (secondary N) is 1. The smallest absolute Gasteiger partial charge is 0.274 e. The second-order valence-corrected chi connectivity index (χ2v) is 7.20. The molecule has 0 aliphatic rings. The average Bonchev–Trinajstić information content (AvgIpc) is 3.14. The third kappa shape index (κ3) is 3.35. The van der Waals surface area contributed by atoms with Crippen LogP contribution in [0, 0.1) is 5.92 Å². The summed E-state index contributed by atoms with van der Waals surface area (Å²) in [5.74, 6) is -0.0172. The van der Waals surface area contributed by atoms with Gasteiger partial charge in [-0.1, -0.05) is 38.1 Å². The first-order valence-electron chi connectivity index (χ1n) is 8.37. The molecule has 130 valence electrons. The van der Waals surface area contributed by atoms with Gasteiger partial charge in [0.15, 0.2) is 5.69 Å². The van der Waals surface area contributed by atoms with E-state index in [-0.39, 0.29) is 23.4 Å². The molecule has 1 amide bonds. The molecule has 25 heavy (non-hydrogen) atoms. The number of aromatic nitrogens is 2. The zero-order valence-electron chi connectivity index (χ0n) is 14.5. The summed E-state index contributed by atoms with van der Waals surface area (Å²) in [7, 11) is 0. The number of fused-ring (bicyclic) bond motifs is 1. The van der Waals surface area contributed by atoms with Crippen LogP contribution in [-0.2, 0) is 6.54 Å². The van der Waals surface area contributed by atoms with E-state index in [1.54, 1.807) is 29.5 Å². The van der Waals surface area contributed by atoms with Gasteiger partial charge in [-0.2, -0.15) is 5.10 Å². The Kier molecular flexibility index (Phi) is 4.99. The Bertz CT molecular complexity index is 945. The van der Waals surface area contributed by atoms with Crippen molar-refractivity contribution >= 4 is 28.0 Å². The van der Waals surface area contributed by atoms with Crippen molar-refractivity contribution in [2.75, 3.05) is 0 Å². The lowest BCUT2D eigenvalue weighted by atomic mass is 10.0. The highest BCUT2D eigenvalue weighted by Gasteiger charge is 2.23. The van der Waals surface area contributed by atoms with E-state index in [1.807, 2.05) is 30.5 Å². The molecule has 1 aromatic carbocycles. The second-order valence-electron chi connectivity index (χ2n) is 6.23. The van der Waals surface area contributed by atoms with Gasteiger partial charge in [-0.25, -0.2) is 4.68 Å². The van der Waals surface area contributed by atoms with Crippen LogP contribution in [0.3, 0.4) is 0 Å². The Labute approximate surface area is 150 Å². The Balaban J connectivity index is 2.05. The number of thiophene rings is 1. The molecule has 0 saturated carbocycles. The zero-order chi connectivity index (χ0) is 18.0. The Morgan fingerprint density at radius 1 is 1.20 bits per heavy atom. The molecule has 1 N–H and O–H groups in total. The number of carbonyl (C=O) groups excluding carboxylic acids is 1. The quantitative estimate of drug-likeness (QED) is 0.760. The van der Waals surface area contributed by atoms with Crippen LogP contribution in [0.5, 0.6) is 0 Å². The van der Waals surface area contributed by atoms with E-state index < -0.39 is 0 Å². The van der Waals surface area contributed by atoms with Gasteiger partial charge in [0.2, 0.25) is 0 Å². The van der Waals surface area contributed by atoms with E-state index in [4.69, 9.17) is 0 Å². The summed E-state index contributed by atoms with van der Waals surface area (Å²) in [6.07, 6.45) is 0. The third-order valence-electron chi connectivity index (χ3n) is 4.19. The monoisotopic (exact) mass is 355 g/mol. The van der Waals surface area contributed by atoms with Crippen LogP contribution < -0.4 is 10.9 Å². The van der Waals surface area contributed by atoms with Gasteiger partial charge in [0.1, 0.15) is 0 Å². The van der Waals surface area contributed by atoms with Crippen molar-refractivity contribution in [2.45, 2.75) is 33.4 Å². The molecule has 1 unspecified atom stereocenters. The van der Waals surface area contributed by atoms with Crippen molar-refractivity contribution in [3.05, 3.63) is 62.7 Å². The lowest BCUT2D eigenvalue weighted by Crippen LogP contribution is -2.34. The summed E-state index contributed by atoms with van der Waals surface area (Å²) in [6, 6.07) is 11.0. The number of rotatable bonds is 5. The summed E-state index contributed by atoms with van der Waals surface area (Å²) in [6.45, 7) is 6.41. The van der Waals surface area contributed by atoms with Crippen LogP contribution in [-0.4, -0.2) is 15.7 Å². The zero-order valence-corrected chi connectivity index (χ0v) is 15.3. The highest BCUT2D eigenvalue weighted by atomic mass is 32.1. The molecule has 6 heteroatoms. The van der Waals surface area contributed by atoms with Crippen LogP contribution in [0.1, 0.15) is 42.2 Å². The van der Waals surface area contributed by atoms with E-state index in [2.05, 4.69) is 24.3 Å². The minimum absolute atomic E-state index is 0.0879. The summed E-state index contributed by atoms with van der Waals surface area (Å²) in [5.41, 5.74) is 0.118. The van der Waals surface area contributed by atoms with Crippen LogP contribution in [0.4, 0.5) is 0 Å². The molecule has 0 fully saturated rings. The first-order chi connectivity index (χ1) is 12.0. The van der Waals surface area contributed by atoms with Crippen molar-refractivity contribution in [3.63, 3.8) is 0 Å². The molecule has 0 radical (unpaired) electrons. The number of carbonyl (C=O) groups is 1. The lowest BCUT2D eigenvalue weighted by molar-refractivity contribution is 0.0921. The first kappa shape index (κ1) is 17.4. The van der Waals surface area contributed by atoms with Gasteiger partial charge in [-0.3, -0.25) is 9.59 Å². The minimum atomic E-state index is -0.259. The SMILES string of the molecule is CCn1nc(C(=O)NC(c2cccs2)C(C)C)c2ccccc2c1=O. The van der Waals surface area contributed by atoms with Gasteiger partial charge in [-0.05, 0) is 30.4 Å². The topological polar surface area (TPSA) is 64.0 Å². The molecule has 5 nitrogen and oxygen atoms in total. The summed E-state index contributed by atoms with van der Waals surface area (Å²) in [4.78, 5) is 26.5. The number of benzene rings is 1. The van der Waals surface area contributed by atoms with Crippen LogP contribution >= 0.6 is 11.3 Å². The molecule has 2 aromatic heterocycles. The molecule has 0 aliphatic carbocycles. The van der Waals surface area contributed by atoms with E-state index in [0.717, 1.165) is 4.88 Å². The number of amides is 1. The fourth-order valence-corrected chi connectivity index (χ4v) is 3.81. The molecule has 2 heterocycles. The number of hydrogen-bond acceptors (Lipinski definition) is 4. The Hall–Kier alpha value is -2.47. The first-order valence-corrected chi connectivity index (χ1v) is 9.25. The summed E-state index contributed by atoms with van der Waals surface area (Å²) >= 11 is 1.62. The van der Waals surface area contributed by atoms with Crippen molar-refractivity contribution < 1.29 is 4.79 Å². The van der Waals surface area contributed by atoms with Crippen molar-refractivity contribution in [2.24, 2.45) is 5.92 Å². The normalized spacial score (nSPS) is 12.5. The largest absolute Gasteiger partial charge is 0.343 e. The molecule has 3 aromatic rings. The lowest BCUT2D eigenvalue weighted by Gasteiger charge is -2.21. The summed E-state index contributed by atoms with van der Waals surface area (Å²) in [5, 5.41) is 10.5. The van der Waals surface area contributed by atoms with Crippen LogP contribution in [0.15, 0.2) is 46.6 Å². The van der Waals surface area contributed by atoms with Gasteiger partial charge in [-0.15, -0.1) is 11.3 Å². The predicted octanol–water partition coefficient (Wildman–Crippen LogP) is 3.61. The molecular formula is C19H21N3O2S. The highest BCUT2D eigenvalue weighted by molar-refractivity contribution is 7.10. The number of hydrogen-bond donors (Lipinski definition) is 1. The molecule has 3 rings (SSSR count). The van der Waals surface area contributed by atoms with Crippen molar-refractivity contribution in [1.82, 2.24) is 15.1 Å². The molecule has 1 atom stereocenters. The van der Waals surface area contributed by atoms with Gasteiger partial charge >= 0.3 is 0 Å². The van der Waals surface area contributed by atoms with Gasteiger partial charge in [0.25, 0.3) is 11.5 Å².